The number of ether oxygens (including phenoxy) is 1. The summed E-state index contributed by atoms with van der Waals surface area (Å²) in [5, 5.41) is 2.93. The topological polar surface area (TPSA) is 73.7 Å². The molecule has 7 nitrogen and oxygen atoms in total. The van der Waals surface area contributed by atoms with E-state index in [4.69, 9.17) is 9.15 Å². The number of amides is 1. The predicted octanol–water partition coefficient (Wildman–Crippen LogP) is 3.28. The highest BCUT2D eigenvalue weighted by atomic mass is 16.5. The zero-order valence-corrected chi connectivity index (χ0v) is 15.9. The number of carbonyl (C=O) groups is 1. The van der Waals surface area contributed by atoms with Crippen molar-refractivity contribution in [3.8, 4) is 11.4 Å². The number of nitrogens with zero attached hydrogens (tertiary/aromatic N) is 3. The van der Waals surface area contributed by atoms with Crippen LogP contribution in [0.15, 0.2) is 59.5 Å². The first-order valence-corrected chi connectivity index (χ1v) is 9.10. The Morgan fingerprint density at radius 2 is 2.18 bits per heavy atom. The summed E-state index contributed by atoms with van der Waals surface area (Å²) in [5.74, 6) is 1.40. The number of furan rings is 1. The van der Waals surface area contributed by atoms with Crippen molar-refractivity contribution in [2.24, 2.45) is 0 Å². The smallest absolute Gasteiger partial charge is 0.253 e. The molecular formula is C21H22N4O3. The van der Waals surface area contributed by atoms with Crippen LogP contribution in [0.25, 0.3) is 16.9 Å². The van der Waals surface area contributed by atoms with Crippen LogP contribution in [-0.4, -0.2) is 33.6 Å². The second-order valence-electron chi connectivity index (χ2n) is 6.58. The van der Waals surface area contributed by atoms with E-state index < -0.39 is 0 Å². The molecule has 1 N–H and O–H groups in total. The standard InChI is InChI=1S/C21H22N4O3/c1-15-6-7-16(28-15)12-22-21(26)17-11-20(25-8-4-3-5-19(17)25)18-13-24(14-23-18)9-10-27-2/h3-8,11,13-14H,9-10,12H2,1-2H3,(H,22,26). The maximum Gasteiger partial charge on any atom is 0.253 e. The van der Waals surface area contributed by atoms with E-state index in [1.165, 1.54) is 0 Å². The van der Waals surface area contributed by atoms with Crippen LogP contribution in [0.3, 0.4) is 0 Å². The number of hydrogen-bond donors (Lipinski definition) is 1. The molecule has 0 aliphatic rings. The Labute approximate surface area is 162 Å². The number of imidazole rings is 1. The molecule has 144 valence electrons. The first-order valence-electron chi connectivity index (χ1n) is 9.10. The molecule has 0 atom stereocenters. The number of carbonyl (C=O) groups excluding carboxylic acids is 1. The summed E-state index contributed by atoms with van der Waals surface area (Å²) in [6, 6.07) is 11.4. The van der Waals surface area contributed by atoms with Crippen molar-refractivity contribution in [2.75, 3.05) is 13.7 Å². The van der Waals surface area contributed by atoms with Gasteiger partial charge in [0.15, 0.2) is 0 Å². The van der Waals surface area contributed by atoms with Crippen LogP contribution in [0.1, 0.15) is 21.9 Å². The Hall–Kier alpha value is -3.32. The molecule has 0 aliphatic carbocycles. The normalized spacial score (nSPS) is 11.2. The first kappa shape index (κ1) is 18.1. The van der Waals surface area contributed by atoms with Gasteiger partial charge in [-0.25, -0.2) is 4.98 Å². The first-order chi connectivity index (χ1) is 13.7. The molecule has 1 amide bonds. The summed E-state index contributed by atoms with van der Waals surface area (Å²) >= 11 is 0. The summed E-state index contributed by atoms with van der Waals surface area (Å²) in [4.78, 5) is 17.3. The molecule has 4 heterocycles. The van der Waals surface area contributed by atoms with E-state index in [-0.39, 0.29) is 5.91 Å². The highest BCUT2D eigenvalue weighted by molar-refractivity contribution is 6.02. The maximum atomic E-state index is 12.8. The van der Waals surface area contributed by atoms with Crippen molar-refractivity contribution in [1.82, 2.24) is 19.3 Å². The number of fused-ring (bicyclic) bond motifs is 1. The minimum atomic E-state index is -0.150. The van der Waals surface area contributed by atoms with Gasteiger partial charge in [-0.3, -0.25) is 4.79 Å². The average molecular weight is 378 g/mol. The molecule has 0 fully saturated rings. The fourth-order valence-corrected chi connectivity index (χ4v) is 3.19. The molecule has 0 aromatic carbocycles. The minimum Gasteiger partial charge on any atom is -0.465 e. The van der Waals surface area contributed by atoms with Gasteiger partial charge in [-0.05, 0) is 37.3 Å². The number of aromatic nitrogens is 3. The van der Waals surface area contributed by atoms with Gasteiger partial charge in [0.2, 0.25) is 0 Å². The Bertz CT molecular complexity index is 1110. The zero-order valence-electron chi connectivity index (χ0n) is 15.9. The molecule has 0 saturated heterocycles. The van der Waals surface area contributed by atoms with Gasteiger partial charge in [0, 0.05) is 26.0 Å². The van der Waals surface area contributed by atoms with Crippen molar-refractivity contribution in [3.63, 3.8) is 0 Å². The lowest BCUT2D eigenvalue weighted by atomic mass is 10.2. The van der Waals surface area contributed by atoms with Crippen molar-refractivity contribution < 1.29 is 13.9 Å². The van der Waals surface area contributed by atoms with Crippen LogP contribution >= 0.6 is 0 Å². The third-order valence-electron chi connectivity index (χ3n) is 4.59. The number of rotatable bonds is 7. The average Bonchev–Trinajstić information content (AvgIpc) is 3.42. The summed E-state index contributed by atoms with van der Waals surface area (Å²) in [7, 11) is 1.67. The summed E-state index contributed by atoms with van der Waals surface area (Å²) in [6.45, 7) is 3.57. The molecule has 0 aliphatic heterocycles. The lowest BCUT2D eigenvalue weighted by Gasteiger charge is -2.03. The number of pyridine rings is 1. The second-order valence-corrected chi connectivity index (χ2v) is 6.58. The van der Waals surface area contributed by atoms with Crippen molar-refractivity contribution >= 4 is 11.4 Å². The SMILES string of the molecule is COCCn1cnc(-c2cc(C(=O)NCc3ccc(C)o3)c3ccccn23)c1. The molecule has 4 rings (SSSR count). The fourth-order valence-electron chi connectivity index (χ4n) is 3.19. The number of aryl methyl sites for hydroxylation is 1. The monoisotopic (exact) mass is 378 g/mol. The number of hydrogen-bond acceptors (Lipinski definition) is 4. The molecule has 7 heteroatoms. The number of methoxy groups -OCH3 is 1. The van der Waals surface area contributed by atoms with Crippen molar-refractivity contribution in [2.45, 2.75) is 20.0 Å². The molecule has 28 heavy (non-hydrogen) atoms. The lowest BCUT2D eigenvalue weighted by Crippen LogP contribution is -2.22. The quantitative estimate of drug-likeness (QED) is 0.536. The molecule has 0 unspecified atom stereocenters. The van der Waals surface area contributed by atoms with E-state index in [1.54, 1.807) is 13.4 Å². The molecule has 0 saturated carbocycles. The Balaban J connectivity index is 1.62. The van der Waals surface area contributed by atoms with Gasteiger partial charge in [0.25, 0.3) is 5.91 Å². The van der Waals surface area contributed by atoms with Gasteiger partial charge < -0.3 is 23.4 Å². The maximum absolute atomic E-state index is 12.8. The summed E-state index contributed by atoms with van der Waals surface area (Å²) < 4.78 is 14.6. The minimum absolute atomic E-state index is 0.150. The van der Waals surface area contributed by atoms with E-state index in [2.05, 4.69) is 10.3 Å². The van der Waals surface area contributed by atoms with E-state index in [1.807, 2.05) is 64.7 Å². The van der Waals surface area contributed by atoms with E-state index in [9.17, 15) is 4.79 Å². The summed E-state index contributed by atoms with van der Waals surface area (Å²) in [5.41, 5.74) is 3.10. The molecule has 4 aromatic rings. The predicted molar refractivity (Wildman–Crippen MR) is 105 cm³/mol. The third kappa shape index (κ3) is 3.57. The van der Waals surface area contributed by atoms with Crippen LogP contribution in [0.2, 0.25) is 0 Å². The van der Waals surface area contributed by atoms with Crippen LogP contribution in [0.4, 0.5) is 0 Å². The molecule has 0 spiro atoms. The van der Waals surface area contributed by atoms with Crippen LogP contribution < -0.4 is 5.32 Å². The van der Waals surface area contributed by atoms with Crippen LogP contribution in [0.5, 0.6) is 0 Å². The fraction of sp³-hybridized carbons (Fsp3) is 0.238. The largest absolute Gasteiger partial charge is 0.465 e. The Morgan fingerprint density at radius 3 is 2.96 bits per heavy atom. The molecule has 0 radical (unpaired) electrons. The summed E-state index contributed by atoms with van der Waals surface area (Å²) in [6.07, 6.45) is 5.67. The lowest BCUT2D eigenvalue weighted by molar-refractivity contribution is 0.0949. The van der Waals surface area contributed by atoms with E-state index in [0.717, 1.165) is 35.0 Å². The molecule has 4 aromatic heterocycles. The third-order valence-corrected chi connectivity index (χ3v) is 4.59. The van der Waals surface area contributed by atoms with Gasteiger partial charge in [-0.1, -0.05) is 6.07 Å². The highest BCUT2D eigenvalue weighted by Gasteiger charge is 2.17. The molecule has 0 bridgehead atoms. The Morgan fingerprint density at radius 1 is 1.29 bits per heavy atom. The van der Waals surface area contributed by atoms with Gasteiger partial charge in [-0.15, -0.1) is 0 Å². The van der Waals surface area contributed by atoms with Crippen molar-refractivity contribution in [1.29, 1.82) is 0 Å². The van der Waals surface area contributed by atoms with E-state index in [0.29, 0.717) is 18.7 Å². The van der Waals surface area contributed by atoms with Gasteiger partial charge >= 0.3 is 0 Å². The van der Waals surface area contributed by atoms with Gasteiger partial charge in [-0.2, -0.15) is 0 Å². The van der Waals surface area contributed by atoms with Gasteiger partial charge in [0.1, 0.15) is 17.2 Å². The molecular weight excluding hydrogens is 356 g/mol. The van der Waals surface area contributed by atoms with Crippen LogP contribution in [-0.2, 0) is 17.8 Å². The van der Waals surface area contributed by atoms with Crippen LogP contribution in [0, 0.1) is 6.92 Å². The zero-order chi connectivity index (χ0) is 19.5. The van der Waals surface area contributed by atoms with Crippen molar-refractivity contribution in [3.05, 3.63) is 72.2 Å². The highest BCUT2D eigenvalue weighted by Crippen LogP contribution is 2.25. The number of nitrogens with one attached hydrogen (secondary N) is 1. The van der Waals surface area contributed by atoms with Gasteiger partial charge in [0.05, 0.1) is 36.3 Å². The second kappa shape index (κ2) is 7.74. The Kier molecular flexibility index (Phi) is 4.99. The van der Waals surface area contributed by atoms with E-state index >= 15 is 0 Å².